The fourth-order valence-corrected chi connectivity index (χ4v) is 5.39. The summed E-state index contributed by atoms with van der Waals surface area (Å²) in [6.07, 6.45) is 3.24. The SMILES string of the molecule is Cn1cc(-c2cc3c(cc2Oc2ccc(F)cc2F)n(C)c(=O)n3C)c2cnn(COCC[Si](C)(C)C)c2c1=O. The first kappa shape index (κ1) is 27.5. The molecule has 210 valence electrons. The minimum atomic E-state index is -1.29. The number of pyridine rings is 1. The second kappa shape index (κ2) is 10.2. The zero-order chi connectivity index (χ0) is 28.9. The normalized spacial score (nSPS) is 12.1. The van der Waals surface area contributed by atoms with Crippen molar-refractivity contribution in [3.63, 3.8) is 0 Å². The van der Waals surface area contributed by atoms with Crippen molar-refractivity contribution < 1.29 is 18.3 Å². The van der Waals surface area contributed by atoms with Crippen molar-refractivity contribution in [2.75, 3.05) is 6.61 Å². The average molecular weight is 568 g/mol. The van der Waals surface area contributed by atoms with Crippen molar-refractivity contribution in [2.45, 2.75) is 32.4 Å². The first-order valence-corrected chi connectivity index (χ1v) is 16.5. The number of benzene rings is 2. The van der Waals surface area contributed by atoms with Crippen LogP contribution in [0, 0.1) is 11.6 Å². The highest BCUT2D eigenvalue weighted by Gasteiger charge is 2.22. The third-order valence-electron chi connectivity index (χ3n) is 6.96. The Morgan fingerprint density at radius 3 is 2.30 bits per heavy atom. The Bertz CT molecular complexity index is 1880. The molecule has 0 fully saturated rings. The maximum Gasteiger partial charge on any atom is 0.328 e. The van der Waals surface area contributed by atoms with Crippen LogP contribution >= 0.6 is 0 Å². The van der Waals surface area contributed by atoms with Crippen molar-refractivity contribution in [1.29, 1.82) is 0 Å². The summed E-state index contributed by atoms with van der Waals surface area (Å²) < 4.78 is 46.0. The maximum atomic E-state index is 14.6. The molecule has 0 saturated carbocycles. The lowest BCUT2D eigenvalue weighted by molar-refractivity contribution is 0.0815. The number of ether oxygens (including phenoxy) is 2. The van der Waals surface area contributed by atoms with Gasteiger partial charge in [-0.25, -0.2) is 18.3 Å². The van der Waals surface area contributed by atoms with Gasteiger partial charge in [0, 0.05) is 70.7 Å². The Balaban J connectivity index is 1.69. The zero-order valence-corrected chi connectivity index (χ0v) is 24.3. The summed E-state index contributed by atoms with van der Waals surface area (Å²) in [6.45, 7) is 7.47. The van der Waals surface area contributed by atoms with Crippen LogP contribution in [-0.4, -0.2) is 38.2 Å². The minimum absolute atomic E-state index is 0.114. The van der Waals surface area contributed by atoms with Gasteiger partial charge in [-0.1, -0.05) is 19.6 Å². The summed E-state index contributed by atoms with van der Waals surface area (Å²) in [5.41, 5.74) is 2.08. The van der Waals surface area contributed by atoms with Crippen molar-refractivity contribution in [1.82, 2.24) is 23.5 Å². The van der Waals surface area contributed by atoms with Gasteiger partial charge in [0.2, 0.25) is 0 Å². The number of halogens is 2. The molecule has 0 aliphatic carbocycles. The van der Waals surface area contributed by atoms with Gasteiger partial charge in [0.25, 0.3) is 5.56 Å². The van der Waals surface area contributed by atoms with Gasteiger partial charge in [0.05, 0.1) is 17.2 Å². The number of aryl methyl sites for hydroxylation is 3. The van der Waals surface area contributed by atoms with Gasteiger partial charge in [-0.2, -0.15) is 5.10 Å². The van der Waals surface area contributed by atoms with E-state index in [2.05, 4.69) is 24.7 Å². The molecule has 5 aromatic rings. The Morgan fingerprint density at radius 1 is 0.925 bits per heavy atom. The Morgan fingerprint density at radius 2 is 1.62 bits per heavy atom. The Hall–Kier alpha value is -4.03. The molecule has 0 aliphatic rings. The van der Waals surface area contributed by atoms with Crippen molar-refractivity contribution >= 4 is 30.0 Å². The molecule has 5 rings (SSSR count). The second-order valence-electron chi connectivity index (χ2n) is 11.1. The highest BCUT2D eigenvalue weighted by molar-refractivity contribution is 6.76. The maximum absolute atomic E-state index is 14.6. The van der Waals surface area contributed by atoms with E-state index in [0.717, 1.165) is 18.2 Å². The number of aromatic nitrogens is 5. The molecule has 12 heteroatoms. The van der Waals surface area contributed by atoms with Gasteiger partial charge < -0.3 is 14.0 Å². The molecule has 0 unspecified atom stereocenters. The van der Waals surface area contributed by atoms with Crippen LogP contribution in [0.3, 0.4) is 0 Å². The molecule has 9 nitrogen and oxygen atoms in total. The number of rotatable bonds is 8. The van der Waals surface area contributed by atoms with E-state index >= 15 is 0 Å². The standard InChI is InChI=1S/C28H31F2N5O4Si/c1-32-15-20(19-14-31-35(26(19)27(32)36)16-38-9-10-40(4,5)6)18-12-22-23(34(3)28(37)33(22)2)13-25(18)39-24-8-7-17(29)11-21(24)30/h7-8,11-15H,9-10,16H2,1-6H3. The molecule has 3 heterocycles. The predicted molar refractivity (Wildman–Crippen MR) is 153 cm³/mol. The van der Waals surface area contributed by atoms with Gasteiger partial charge in [0.15, 0.2) is 11.6 Å². The zero-order valence-electron chi connectivity index (χ0n) is 23.3. The molecule has 0 saturated heterocycles. The third kappa shape index (κ3) is 5.00. The summed E-state index contributed by atoms with van der Waals surface area (Å²) in [6, 6.07) is 7.42. The quantitative estimate of drug-likeness (QED) is 0.195. The van der Waals surface area contributed by atoms with E-state index in [4.69, 9.17) is 9.47 Å². The summed E-state index contributed by atoms with van der Waals surface area (Å²) in [5, 5.41) is 4.98. The average Bonchev–Trinajstić information content (AvgIpc) is 3.40. The van der Waals surface area contributed by atoms with Gasteiger partial charge >= 0.3 is 5.69 Å². The molecule has 0 atom stereocenters. The third-order valence-corrected chi connectivity index (χ3v) is 8.67. The van der Waals surface area contributed by atoms with E-state index in [1.54, 1.807) is 45.7 Å². The lowest BCUT2D eigenvalue weighted by Crippen LogP contribution is -2.23. The van der Waals surface area contributed by atoms with Crippen LogP contribution < -0.4 is 16.0 Å². The molecule has 0 bridgehead atoms. The van der Waals surface area contributed by atoms with Crippen molar-refractivity contribution in [2.24, 2.45) is 21.1 Å². The van der Waals surface area contributed by atoms with Gasteiger partial charge in [-0.3, -0.25) is 13.9 Å². The van der Waals surface area contributed by atoms with E-state index in [9.17, 15) is 18.4 Å². The fourth-order valence-electron chi connectivity index (χ4n) is 4.64. The predicted octanol–water partition coefficient (Wildman–Crippen LogP) is 4.98. The summed E-state index contributed by atoms with van der Waals surface area (Å²) in [5.74, 6) is -1.57. The van der Waals surface area contributed by atoms with Crippen LogP contribution in [0.25, 0.3) is 33.1 Å². The lowest BCUT2D eigenvalue weighted by atomic mass is 10.0. The van der Waals surface area contributed by atoms with Gasteiger partial charge in [0.1, 0.15) is 23.8 Å². The van der Waals surface area contributed by atoms with E-state index in [-0.39, 0.29) is 29.5 Å². The second-order valence-corrected chi connectivity index (χ2v) is 16.7. The smallest absolute Gasteiger partial charge is 0.328 e. The monoisotopic (exact) mass is 567 g/mol. The van der Waals surface area contributed by atoms with Crippen molar-refractivity contribution in [3.05, 3.63) is 75.2 Å². The first-order chi connectivity index (χ1) is 18.9. The van der Waals surface area contributed by atoms with E-state index in [1.165, 1.54) is 24.4 Å². The molecule has 40 heavy (non-hydrogen) atoms. The molecular weight excluding hydrogens is 536 g/mol. The molecule has 2 aromatic carbocycles. The lowest BCUT2D eigenvalue weighted by Gasteiger charge is -2.16. The first-order valence-electron chi connectivity index (χ1n) is 12.8. The Kier molecular flexibility index (Phi) is 7.00. The molecule has 0 aliphatic heterocycles. The number of hydrogen-bond donors (Lipinski definition) is 0. The molecular formula is C28H31F2N5O4Si. The van der Waals surface area contributed by atoms with Crippen LogP contribution in [0.5, 0.6) is 11.5 Å². The van der Waals surface area contributed by atoms with E-state index < -0.39 is 19.7 Å². The molecule has 0 spiro atoms. The van der Waals surface area contributed by atoms with Crippen LogP contribution in [-0.2, 0) is 32.6 Å². The summed E-state index contributed by atoms with van der Waals surface area (Å²) in [4.78, 5) is 26.0. The molecule has 0 N–H and O–H groups in total. The van der Waals surface area contributed by atoms with Crippen LogP contribution in [0.15, 0.2) is 52.3 Å². The van der Waals surface area contributed by atoms with E-state index in [1.807, 2.05) is 0 Å². The Labute approximate surface area is 229 Å². The van der Waals surface area contributed by atoms with E-state index in [0.29, 0.717) is 39.7 Å². The summed E-state index contributed by atoms with van der Waals surface area (Å²) >= 11 is 0. The number of imidazole rings is 1. The van der Waals surface area contributed by atoms with Gasteiger partial charge in [-0.15, -0.1) is 0 Å². The largest absolute Gasteiger partial charge is 0.454 e. The highest BCUT2D eigenvalue weighted by atomic mass is 28.3. The highest BCUT2D eigenvalue weighted by Crippen LogP contribution is 2.39. The minimum Gasteiger partial charge on any atom is -0.454 e. The summed E-state index contributed by atoms with van der Waals surface area (Å²) in [7, 11) is 3.62. The van der Waals surface area contributed by atoms with Crippen LogP contribution in [0.2, 0.25) is 25.7 Å². The topological polar surface area (TPSA) is 85.2 Å². The fraction of sp³-hybridized carbons (Fsp3) is 0.321. The van der Waals surface area contributed by atoms with Crippen LogP contribution in [0.4, 0.5) is 8.78 Å². The number of hydrogen-bond acceptors (Lipinski definition) is 5. The molecule has 0 amide bonds. The van der Waals surface area contributed by atoms with Gasteiger partial charge in [-0.05, 0) is 24.2 Å². The molecule has 3 aromatic heterocycles. The number of fused-ring (bicyclic) bond motifs is 2. The molecule has 0 radical (unpaired) electrons. The van der Waals surface area contributed by atoms with Crippen LogP contribution in [0.1, 0.15) is 0 Å². The van der Waals surface area contributed by atoms with Crippen molar-refractivity contribution in [3.8, 4) is 22.6 Å². The number of nitrogens with zero attached hydrogens (tertiary/aromatic N) is 5.